The van der Waals surface area contributed by atoms with Crippen LogP contribution in [0.3, 0.4) is 0 Å². The lowest BCUT2D eigenvalue weighted by Crippen LogP contribution is -2.22. The first-order chi connectivity index (χ1) is 8.08. The van der Waals surface area contributed by atoms with E-state index in [0.29, 0.717) is 10.7 Å². The van der Waals surface area contributed by atoms with Crippen LogP contribution < -0.4 is 5.32 Å². The lowest BCUT2D eigenvalue weighted by atomic mass is 10.1. The highest BCUT2D eigenvalue weighted by atomic mass is 35.5. The molecule has 0 aliphatic rings. The Labute approximate surface area is 111 Å². The summed E-state index contributed by atoms with van der Waals surface area (Å²) in [7, 11) is 0. The molecule has 0 aliphatic carbocycles. The first-order valence-corrected chi connectivity index (χ1v) is 7.14. The van der Waals surface area contributed by atoms with Crippen LogP contribution in [0.5, 0.6) is 0 Å². The molecule has 0 amide bonds. The number of nitrogens with one attached hydrogen (secondary N) is 1. The summed E-state index contributed by atoms with van der Waals surface area (Å²) in [6.45, 7) is 2.07. The van der Waals surface area contributed by atoms with E-state index in [9.17, 15) is 4.79 Å². The highest BCUT2D eigenvalue weighted by molar-refractivity contribution is 7.98. The van der Waals surface area contributed by atoms with E-state index in [-0.39, 0.29) is 11.6 Å². The molecule has 1 aromatic carbocycles. The van der Waals surface area contributed by atoms with Crippen molar-refractivity contribution in [2.75, 3.05) is 17.3 Å². The molecule has 17 heavy (non-hydrogen) atoms. The molecule has 2 N–H and O–H groups in total. The largest absolute Gasteiger partial charge is 0.478 e. The summed E-state index contributed by atoms with van der Waals surface area (Å²) in [5.41, 5.74) is 0.847. The second kappa shape index (κ2) is 6.77. The van der Waals surface area contributed by atoms with E-state index in [4.69, 9.17) is 16.7 Å². The van der Waals surface area contributed by atoms with Crippen molar-refractivity contribution in [2.24, 2.45) is 0 Å². The van der Waals surface area contributed by atoms with Gasteiger partial charge in [-0.3, -0.25) is 0 Å². The standard InChI is InChI=1S/C12H16ClNO2S/c1-3-9(7-17-2)14-11-5-4-8(13)6-10(11)12(15)16/h4-6,9,14H,3,7H2,1-2H3,(H,15,16). The van der Waals surface area contributed by atoms with Crippen LogP contribution in [0, 0.1) is 0 Å². The van der Waals surface area contributed by atoms with Crippen molar-refractivity contribution in [3.05, 3.63) is 28.8 Å². The third kappa shape index (κ3) is 4.13. The van der Waals surface area contributed by atoms with Gasteiger partial charge in [-0.25, -0.2) is 4.79 Å². The number of hydrogen-bond donors (Lipinski definition) is 2. The lowest BCUT2D eigenvalue weighted by molar-refractivity contribution is 0.0698. The van der Waals surface area contributed by atoms with Crippen LogP contribution in [-0.4, -0.2) is 29.1 Å². The van der Waals surface area contributed by atoms with Crippen molar-refractivity contribution in [3.8, 4) is 0 Å². The van der Waals surface area contributed by atoms with Crippen molar-refractivity contribution >= 4 is 35.0 Å². The first-order valence-electron chi connectivity index (χ1n) is 5.36. The predicted octanol–water partition coefficient (Wildman–Crippen LogP) is 3.59. The Morgan fingerprint density at radius 2 is 2.29 bits per heavy atom. The van der Waals surface area contributed by atoms with Gasteiger partial charge in [-0.05, 0) is 30.9 Å². The van der Waals surface area contributed by atoms with Crippen LogP contribution in [0.1, 0.15) is 23.7 Å². The minimum absolute atomic E-state index is 0.219. The minimum atomic E-state index is -0.964. The van der Waals surface area contributed by atoms with Crippen LogP contribution in [0.15, 0.2) is 18.2 Å². The highest BCUT2D eigenvalue weighted by Crippen LogP contribution is 2.22. The summed E-state index contributed by atoms with van der Waals surface area (Å²) in [6, 6.07) is 5.15. The highest BCUT2D eigenvalue weighted by Gasteiger charge is 2.13. The summed E-state index contributed by atoms with van der Waals surface area (Å²) < 4.78 is 0. The molecule has 0 radical (unpaired) electrons. The van der Waals surface area contributed by atoms with Crippen LogP contribution in [0.2, 0.25) is 5.02 Å². The minimum Gasteiger partial charge on any atom is -0.478 e. The van der Waals surface area contributed by atoms with Gasteiger partial charge in [-0.15, -0.1) is 0 Å². The number of rotatable bonds is 6. The van der Waals surface area contributed by atoms with E-state index < -0.39 is 5.97 Å². The molecule has 0 aliphatic heterocycles. The number of carboxylic acid groups (broad SMARTS) is 1. The summed E-state index contributed by atoms with van der Waals surface area (Å²) in [5, 5.41) is 12.8. The quantitative estimate of drug-likeness (QED) is 0.832. The molecule has 1 atom stereocenters. The SMILES string of the molecule is CCC(CSC)Nc1ccc(Cl)cc1C(=O)O. The van der Waals surface area contributed by atoms with Crippen molar-refractivity contribution in [1.82, 2.24) is 0 Å². The molecule has 0 aromatic heterocycles. The Morgan fingerprint density at radius 1 is 1.59 bits per heavy atom. The molecular formula is C12H16ClNO2S. The van der Waals surface area contributed by atoms with Gasteiger partial charge in [-0.2, -0.15) is 11.8 Å². The fraction of sp³-hybridized carbons (Fsp3) is 0.417. The Hall–Kier alpha value is -0.870. The Kier molecular flexibility index (Phi) is 5.65. The number of aromatic carboxylic acids is 1. The second-order valence-corrected chi connectivity index (χ2v) is 5.05. The van der Waals surface area contributed by atoms with Crippen LogP contribution in [0.25, 0.3) is 0 Å². The number of anilines is 1. The van der Waals surface area contributed by atoms with E-state index in [1.807, 2.05) is 6.26 Å². The van der Waals surface area contributed by atoms with E-state index >= 15 is 0 Å². The monoisotopic (exact) mass is 273 g/mol. The molecule has 5 heteroatoms. The normalized spacial score (nSPS) is 12.2. The third-order valence-corrected chi connectivity index (χ3v) is 3.40. The third-order valence-electron chi connectivity index (χ3n) is 2.43. The number of thioether (sulfide) groups is 1. The van der Waals surface area contributed by atoms with Gasteiger partial charge in [0.25, 0.3) is 0 Å². The summed E-state index contributed by atoms with van der Waals surface area (Å²) >= 11 is 7.53. The van der Waals surface area contributed by atoms with Crippen molar-refractivity contribution < 1.29 is 9.90 Å². The molecule has 0 fully saturated rings. The lowest BCUT2D eigenvalue weighted by Gasteiger charge is -2.18. The zero-order chi connectivity index (χ0) is 12.8. The molecule has 0 bridgehead atoms. The number of halogens is 1. The maximum absolute atomic E-state index is 11.1. The molecule has 0 heterocycles. The van der Waals surface area contributed by atoms with Gasteiger partial charge in [0.1, 0.15) is 0 Å². The first kappa shape index (κ1) is 14.2. The van der Waals surface area contributed by atoms with E-state index in [0.717, 1.165) is 12.2 Å². The zero-order valence-corrected chi connectivity index (χ0v) is 11.4. The Balaban J connectivity index is 2.92. The topological polar surface area (TPSA) is 49.3 Å². The number of benzene rings is 1. The molecule has 94 valence electrons. The van der Waals surface area contributed by atoms with E-state index in [2.05, 4.69) is 12.2 Å². The van der Waals surface area contributed by atoms with Gasteiger partial charge in [0.15, 0.2) is 0 Å². The predicted molar refractivity (Wildman–Crippen MR) is 74.5 cm³/mol. The zero-order valence-electron chi connectivity index (χ0n) is 9.87. The second-order valence-electron chi connectivity index (χ2n) is 3.70. The van der Waals surface area contributed by atoms with Crippen molar-refractivity contribution in [1.29, 1.82) is 0 Å². The molecule has 1 rings (SSSR count). The molecule has 1 aromatic rings. The van der Waals surface area contributed by atoms with Crippen LogP contribution in [0.4, 0.5) is 5.69 Å². The average molecular weight is 274 g/mol. The fourth-order valence-electron chi connectivity index (χ4n) is 1.50. The number of carboxylic acids is 1. The molecule has 0 saturated carbocycles. The van der Waals surface area contributed by atoms with Crippen LogP contribution >= 0.6 is 23.4 Å². The smallest absolute Gasteiger partial charge is 0.337 e. The Morgan fingerprint density at radius 3 is 2.82 bits per heavy atom. The van der Waals surface area contributed by atoms with Crippen molar-refractivity contribution in [3.63, 3.8) is 0 Å². The summed E-state index contributed by atoms with van der Waals surface area (Å²) in [6.07, 6.45) is 2.98. The van der Waals surface area contributed by atoms with Gasteiger partial charge < -0.3 is 10.4 Å². The van der Waals surface area contributed by atoms with Crippen LogP contribution in [-0.2, 0) is 0 Å². The van der Waals surface area contributed by atoms with Gasteiger partial charge in [0.05, 0.1) is 5.56 Å². The average Bonchev–Trinajstić information content (AvgIpc) is 2.30. The number of carbonyl (C=O) groups is 1. The van der Waals surface area contributed by atoms with E-state index in [1.165, 1.54) is 6.07 Å². The molecule has 0 saturated heterocycles. The maximum Gasteiger partial charge on any atom is 0.337 e. The fourth-order valence-corrected chi connectivity index (χ4v) is 2.40. The van der Waals surface area contributed by atoms with Crippen molar-refractivity contribution in [2.45, 2.75) is 19.4 Å². The molecule has 1 unspecified atom stereocenters. The van der Waals surface area contributed by atoms with Gasteiger partial charge in [0.2, 0.25) is 0 Å². The molecular weight excluding hydrogens is 258 g/mol. The summed E-state index contributed by atoms with van der Waals surface area (Å²) in [5.74, 6) is -0.0212. The maximum atomic E-state index is 11.1. The number of hydrogen-bond acceptors (Lipinski definition) is 3. The van der Waals surface area contributed by atoms with Gasteiger partial charge in [-0.1, -0.05) is 18.5 Å². The van der Waals surface area contributed by atoms with Gasteiger partial charge >= 0.3 is 5.97 Å². The van der Waals surface area contributed by atoms with E-state index in [1.54, 1.807) is 23.9 Å². The molecule has 0 spiro atoms. The van der Waals surface area contributed by atoms with Gasteiger partial charge in [0, 0.05) is 22.5 Å². The molecule has 3 nitrogen and oxygen atoms in total. The summed E-state index contributed by atoms with van der Waals surface area (Å²) in [4.78, 5) is 11.1. The Bertz CT molecular complexity index is 398.